The molecular weight excluding hydrogens is 483 g/mol. The first-order valence-electron chi connectivity index (χ1n) is 12.0. The fourth-order valence-electron chi connectivity index (χ4n) is 4.22. The van der Waals surface area contributed by atoms with Crippen molar-refractivity contribution in [1.82, 2.24) is 4.90 Å². The largest absolute Gasteiger partial charge is 0.507 e. The highest BCUT2D eigenvalue weighted by Gasteiger charge is 2.41. The van der Waals surface area contributed by atoms with Gasteiger partial charge in [-0.05, 0) is 41.8 Å². The van der Waals surface area contributed by atoms with Gasteiger partial charge in [-0.3, -0.25) is 9.69 Å². The number of nitrogens with zero attached hydrogens (tertiary/aromatic N) is 1. The van der Waals surface area contributed by atoms with Crippen molar-refractivity contribution in [2.45, 2.75) is 46.0 Å². The van der Waals surface area contributed by atoms with E-state index in [0.29, 0.717) is 18.7 Å². The van der Waals surface area contributed by atoms with Gasteiger partial charge in [-0.25, -0.2) is 0 Å². The Morgan fingerprint density at radius 3 is 2.30 bits per heavy atom. The van der Waals surface area contributed by atoms with Gasteiger partial charge in [-0.2, -0.15) is 13.2 Å². The van der Waals surface area contributed by atoms with Crippen molar-refractivity contribution in [3.8, 4) is 17.2 Å². The summed E-state index contributed by atoms with van der Waals surface area (Å²) in [4.78, 5) is 15.3. The normalized spacial score (nSPS) is 12.0. The lowest BCUT2D eigenvalue weighted by Gasteiger charge is -2.22. The Hall–Kier alpha value is -3.78. The molecule has 1 N–H and O–H groups in total. The van der Waals surface area contributed by atoms with Crippen LogP contribution in [0, 0.1) is 0 Å². The molecule has 4 rings (SSSR count). The zero-order chi connectivity index (χ0) is 26.7. The Labute approximate surface area is 212 Å². The number of phenolic OH excluding ortho intramolecular Hbond substituents is 1. The lowest BCUT2D eigenvalue weighted by Crippen LogP contribution is -2.23. The maximum absolute atomic E-state index is 14.2. The summed E-state index contributed by atoms with van der Waals surface area (Å²) in [5.41, 5.74) is 0.488. The summed E-state index contributed by atoms with van der Waals surface area (Å²) in [5.74, 6) is -2.63. The maximum Gasteiger partial charge on any atom is 0.453 e. The Bertz CT molecular complexity index is 1450. The quantitative estimate of drug-likeness (QED) is 0.266. The second-order valence-corrected chi connectivity index (χ2v) is 9.11. The number of halogens is 3. The van der Waals surface area contributed by atoms with Gasteiger partial charge in [0, 0.05) is 13.1 Å². The molecule has 4 aromatic rings. The number of alkyl halides is 3. The molecule has 37 heavy (non-hydrogen) atoms. The van der Waals surface area contributed by atoms with Gasteiger partial charge in [-0.15, -0.1) is 0 Å². The van der Waals surface area contributed by atoms with Crippen LogP contribution in [0.2, 0.25) is 0 Å². The van der Waals surface area contributed by atoms with Crippen molar-refractivity contribution in [2.24, 2.45) is 0 Å². The van der Waals surface area contributed by atoms with Crippen LogP contribution in [-0.4, -0.2) is 16.6 Å². The number of phenols is 1. The molecule has 8 heteroatoms. The van der Waals surface area contributed by atoms with E-state index >= 15 is 0 Å². The average molecular weight is 512 g/mol. The molecule has 0 amide bonds. The van der Waals surface area contributed by atoms with Crippen LogP contribution >= 0.6 is 0 Å². The predicted octanol–water partition coefficient (Wildman–Crippen LogP) is 7.46. The van der Waals surface area contributed by atoms with Crippen LogP contribution in [0.15, 0.2) is 75.9 Å². The molecule has 194 valence electrons. The zero-order valence-corrected chi connectivity index (χ0v) is 20.8. The minimum atomic E-state index is -5.01. The summed E-state index contributed by atoms with van der Waals surface area (Å²) in [6.45, 7) is 6.77. The van der Waals surface area contributed by atoms with E-state index in [-0.39, 0.29) is 40.5 Å². The van der Waals surface area contributed by atoms with Crippen LogP contribution in [0.5, 0.6) is 17.2 Å². The van der Waals surface area contributed by atoms with E-state index in [2.05, 4.69) is 0 Å². The van der Waals surface area contributed by atoms with Crippen molar-refractivity contribution in [3.05, 3.63) is 99.4 Å². The summed E-state index contributed by atoms with van der Waals surface area (Å²) >= 11 is 0. The molecule has 3 aromatic carbocycles. The van der Waals surface area contributed by atoms with E-state index in [0.717, 1.165) is 5.56 Å². The van der Waals surface area contributed by atoms with Gasteiger partial charge in [0.15, 0.2) is 0 Å². The Kier molecular flexibility index (Phi) is 7.59. The predicted molar refractivity (Wildman–Crippen MR) is 136 cm³/mol. The molecule has 0 bridgehead atoms. The first-order valence-corrected chi connectivity index (χ1v) is 12.0. The van der Waals surface area contributed by atoms with Gasteiger partial charge >= 0.3 is 6.18 Å². The van der Waals surface area contributed by atoms with Gasteiger partial charge in [0.2, 0.25) is 11.2 Å². The molecule has 0 radical (unpaired) electrons. The zero-order valence-electron chi connectivity index (χ0n) is 20.8. The first-order chi connectivity index (χ1) is 17.6. The molecule has 0 unspecified atom stereocenters. The monoisotopic (exact) mass is 511 g/mol. The highest BCUT2D eigenvalue weighted by Crippen LogP contribution is 2.41. The van der Waals surface area contributed by atoms with E-state index in [4.69, 9.17) is 9.15 Å². The first kappa shape index (κ1) is 26.3. The summed E-state index contributed by atoms with van der Waals surface area (Å²) < 4.78 is 53.5. The lowest BCUT2D eigenvalue weighted by molar-refractivity contribution is -0.154. The summed E-state index contributed by atoms with van der Waals surface area (Å²) in [6.07, 6.45) is -5.01. The van der Waals surface area contributed by atoms with Crippen molar-refractivity contribution in [2.75, 3.05) is 6.54 Å². The van der Waals surface area contributed by atoms with Crippen molar-refractivity contribution >= 4 is 11.0 Å². The number of ether oxygens (including phenoxy) is 1. The Morgan fingerprint density at radius 1 is 0.973 bits per heavy atom. The third-order valence-corrected chi connectivity index (χ3v) is 6.19. The van der Waals surface area contributed by atoms with Gasteiger partial charge in [0.25, 0.3) is 5.76 Å². The molecule has 0 atom stereocenters. The highest BCUT2D eigenvalue weighted by atomic mass is 19.4. The standard InChI is InChI=1S/C29H28F3NO4/c1-4-33(16-19-10-6-5-7-11-19)17-22-23(34)15-14-21-25(35)27(28(29(30,31)32)37-26(21)22)36-24-13-9-8-12-20(24)18(2)3/h5-15,18,34H,4,16-17H2,1-3H3. The van der Waals surface area contributed by atoms with Crippen molar-refractivity contribution in [3.63, 3.8) is 0 Å². The van der Waals surface area contributed by atoms with Gasteiger partial charge in [0.1, 0.15) is 17.1 Å². The van der Waals surface area contributed by atoms with Gasteiger partial charge in [0.05, 0.1) is 10.9 Å². The van der Waals surface area contributed by atoms with Crippen LogP contribution < -0.4 is 10.2 Å². The molecule has 0 spiro atoms. The molecule has 0 saturated heterocycles. The summed E-state index contributed by atoms with van der Waals surface area (Å²) in [7, 11) is 0. The lowest BCUT2D eigenvalue weighted by atomic mass is 10.0. The third kappa shape index (κ3) is 5.64. The SMILES string of the molecule is CCN(Cc1ccccc1)Cc1c(O)ccc2c(=O)c(Oc3ccccc3C(C)C)c(C(F)(F)F)oc12. The summed E-state index contributed by atoms with van der Waals surface area (Å²) in [6, 6.07) is 18.7. The maximum atomic E-state index is 14.2. The molecule has 0 aliphatic heterocycles. The molecule has 0 aliphatic rings. The molecule has 0 aliphatic carbocycles. The van der Waals surface area contributed by atoms with E-state index < -0.39 is 23.1 Å². The fourth-order valence-corrected chi connectivity index (χ4v) is 4.22. The number of hydrogen-bond donors (Lipinski definition) is 1. The minimum absolute atomic E-state index is 0.0498. The molecule has 0 fully saturated rings. The molecule has 0 saturated carbocycles. The molecule has 1 heterocycles. The van der Waals surface area contributed by atoms with Gasteiger partial charge in [-0.1, -0.05) is 69.3 Å². The van der Waals surface area contributed by atoms with Gasteiger partial charge < -0.3 is 14.3 Å². The van der Waals surface area contributed by atoms with E-state index in [1.165, 1.54) is 18.2 Å². The Morgan fingerprint density at radius 2 is 1.65 bits per heavy atom. The second kappa shape index (κ2) is 10.7. The smallest absolute Gasteiger partial charge is 0.453 e. The van der Waals surface area contributed by atoms with Crippen LogP contribution in [0.1, 0.15) is 49.1 Å². The topological polar surface area (TPSA) is 62.9 Å². The van der Waals surface area contributed by atoms with Crippen LogP contribution in [-0.2, 0) is 19.3 Å². The van der Waals surface area contributed by atoms with Crippen LogP contribution in [0.3, 0.4) is 0 Å². The molecular formula is C29H28F3NO4. The average Bonchev–Trinajstić information content (AvgIpc) is 2.86. The number of fused-ring (bicyclic) bond motifs is 1. The number of aromatic hydroxyl groups is 1. The summed E-state index contributed by atoms with van der Waals surface area (Å²) in [5, 5.41) is 10.5. The van der Waals surface area contributed by atoms with E-state index in [1.807, 2.05) is 56.0 Å². The number of hydrogen-bond acceptors (Lipinski definition) is 5. The number of benzene rings is 3. The molecule has 5 nitrogen and oxygen atoms in total. The minimum Gasteiger partial charge on any atom is -0.507 e. The Balaban J connectivity index is 1.85. The number of para-hydroxylation sites is 1. The van der Waals surface area contributed by atoms with Crippen molar-refractivity contribution < 1.29 is 27.4 Å². The number of rotatable bonds is 8. The van der Waals surface area contributed by atoms with Crippen molar-refractivity contribution in [1.29, 1.82) is 0 Å². The van der Waals surface area contributed by atoms with Crippen LogP contribution in [0.25, 0.3) is 11.0 Å². The third-order valence-electron chi connectivity index (χ3n) is 6.19. The van der Waals surface area contributed by atoms with E-state index in [9.17, 15) is 23.1 Å². The van der Waals surface area contributed by atoms with Crippen LogP contribution in [0.4, 0.5) is 13.2 Å². The highest BCUT2D eigenvalue weighted by molar-refractivity contribution is 5.83. The molecule has 1 aromatic heterocycles. The van der Waals surface area contributed by atoms with E-state index in [1.54, 1.807) is 18.2 Å². The fraction of sp³-hybridized carbons (Fsp3) is 0.276. The second-order valence-electron chi connectivity index (χ2n) is 9.11.